The molecule has 5 nitrogen and oxygen atoms in total. The number of carbonyl (C=O) groups excluding carboxylic acids is 1. The summed E-state index contributed by atoms with van der Waals surface area (Å²) in [5.41, 5.74) is 2.25. The van der Waals surface area contributed by atoms with Crippen LogP contribution in [0.4, 0.5) is 0 Å². The molecule has 1 aromatic heterocycles. The van der Waals surface area contributed by atoms with Crippen molar-refractivity contribution in [1.29, 1.82) is 0 Å². The first kappa shape index (κ1) is 18.5. The third-order valence-corrected chi connectivity index (χ3v) is 5.03. The second-order valence-electron chi connectivity index (χ2n) is 6.75. The van der Waals surface area contributed by atoms with Gasteiger partial charge in [0.1, 0.15) is 5.75 Å². The number of aromatic amines is 1. The van der Waals surface area contributed by atoms with E-state index in [1.165, 1.54) is 5.69 Å². The molecule has 2 atom stereocenters. The number of ether oxygens (including phenoxy) is 1. The quantitative estimate of drug-likeness (QED) is 0.757. The molecule has 2 unspecified atom stereocenters. The Morgan fingerprint density at radius 1 is 1.31 bits per heavy atom. The third kappa shape index (κ3) is 4.28. The predicted molar refractivity (Wildman–Crippen MR) is 103 cm³/mol. The topological polar surface area (TPSA) is 57.4 Å². The van der Waals surface area contributed by atoms with Gasteiger partial charge < -0.3 is 15.0 Å². The molecule has 2 N–H and O–H groups in total. The second-order valence-corrected chi connectivity index (χ2v) is 6.75. The molecule has 2 aromatic rings. The van der Waals surface area contributed by atoms with Gasteiger partial charge in [0, 0.05) is 17.5 Å². The summed E-state index contributed by atoms with van der Waals surface area (Å²) >= 11 is 0. The molecule has 2 heterocycles. The van der Waals surface area contributed by atoms with Crippen molar-refractivity contribution >= 4 is 5.91 Å². The highest BCUT2D eigenvalue weighted by Gasteiger charge is 2.28. The molecule has 1 saturated heterocycles. The molecule has 26 heavy (non-hydrogen) atoms. The molecular formula is C21H29N3O2. The van der Waals surface area contributed by atoms with Gasteiger partial charge in [0.15, 0.2) is 0 Å². The number of amides is 1. The van der Waals surface area contributed by atoms with E-state index in [0.29, 0.717) is 19.2 Å². The van der Waals surface area contributed by atoms with E-state index in [1.807, 2.05) is 43.5 Å². The molecular weight excluding hydrogens is 326 g/mol. The van der Waals surface area contributed by atoms with Gasteiger partial charge in [-0.2, -0.15) is 0 Å². The van der Waals surface area contributed by atoms with Crippen LogP contribution in [-0.2, 0) is 4.79 Å². The lowest BCUT2D eigenvalue weighted by atomic mass is 10.0. The van der Waals surface area contributed by atoms with E-state index in [2.05, 4.69) is 28.2 Å². The van der Waals surface area contributed by atoms with Gasteiger partial charge in [-0.05, 0) is 50.9 Å². The maximum absolute atomic E-state index is 12.7. The summed E-state index contributed by atoms with van der Waals surface area (Å²) in [6.45, 7) is 6.07. The molecule has 1 aromatic carbocycles. The number of nitrogens with zero attached hydrogens (tertiary/aromatic N) is 1. The number of nitrogens with one attached hydrogen (secondary N) is 2. The monoisotopic (exact) mass is 355 g/mol. The fourth-order valence-electron chi connectivity index (χ4n) is 3.80. The van der Waals surface area contributed by atoms with Crippen LogP contribution in [0.15, 0.2) is 42.6 Å². The molecule has 0 saturated carbocycles. The highest BCUT2D eigenvalue weighted by molar-refractivity contribution is 5.78. The number of benzene rings is 1. The van der Waals surface area contributed by atoms with Gasteiger partial charge >= 0.3 is 0 Å². The van der Waals surface area contributed by atoms with Crippen LogP contribution in [0.5, 0.6) is 5.75 Å². The minimum absolute atomic E-state index is 0.0307. The normalized spacial score (nSPS) is 18.6. The fourth-order valence-corrected chi connectivity index (χ4v) is 3.80. The molecule has 0 radical (unpaired) electrons. The van der Waals surface area contributed by atoms with Crippen molar-refractivity contribution in [3.05, 3.63) is 53.9 Å². The molecule has 3 rings (SSSR count). The molecule has 1 fully saturated rings. The summed E-state index contributed by atoms with van der Waals surface area (Å²) in [6.07, 6.45) is 5.00. The van der Waals surface area contributed by atoms with Crippen molar-refractivity contribution in [3.63, 3.8) is 0 Å². The zero-order valence-corrected chi connectivity index (χ0v) is 15.7. The van der Waals surface area contributed by atoms with Crippen molar-refractivity contribution in [3.8, 4) is 5.75 Å². The summed E-state index contributed by atoms with van der Waals surface area (Å²) in [6, 6.07) is 12.4. The average molecular weight is 355 g/mol. The van der Waals surface area contributed by atoms with E-state index < -0.39 is 0 Å². The predicted octanol–water partition coefficient (Wildman–Crippen LogP) is 3.82. The zero-order chi connectivity index (χ0) is 18.4. The summed E-state index contributed by atoms with van der Waals surface area (Å²) in [5.74, 6) is 0.925. The lowest BCUT2D eigenvalue weighted by molar-refractivity contribution is -0.123. The Morgan fingerprint density at radius 3 is 2.88 bits per heavy atom. The maximum atomic E-state index is 12.7. The SMILES string of the molecule is CCOc1ccccc1C(CC)NC(=O)CN1CCCC1c1ccc[nH]1. The number of rotatable bonds is 8. The first-order valence-electron chi connectivity index (χ1n) is 9.61. The first-order valence-corrected chi connectivity index (χ1v) is 9.61. The van der Waals surface area contributed by atoms with Crippen LogP contribution in [-0.4, -0.2) is 35.5 Å². The van der Waals surface area contributed by atoms with E-state index in [4.69, 9.17) is 4.74 Å². The fraction of sp³-hybridized carbons (Fsp3) is 0.476. The molecule has 0 aliphatic carbocycles. The van der Waals surface area contributed by atoms with Crippen LogP contribution in [0.25, 0.3) is 0 Å². The highest BCUT2D eigenvalue weighted by Crippen LogP contribution is 2.31. The van der Waals surface area contributed by atoms with Crippen molar-refractivity contribution in [2.75, 3.05) is 19.7 Å². The van der Waals surface area contributed by atoms with Gasteiger partial charge in [-0.3, -0.25) is 9.69 Å². The molecule has 0 spiro atoms. The highest BCUT2D eigenvalue weighted by atomic mass is 16.5. The van der Waals surface area contributed by atoms with E-state index >= 15 is 0 Å². The lowest BCUT2D eigenvalue weighted by Gasteiger charge is -2.25. The summed E-state index contributed by atoms with van der Waals surface area (Å²) < 4.78 is 5.73. The van der Waals surface area contributed by atoms with Gasteiger partial charge in [0.05, 0.1) is 25.2 Å². The van der Waals surface area contributed by atoms with Gasteiger partial charge in [-0.25, -0.2) is 0 Å². The molecule has 1 aliphatic heterocycles. The van der Waals surface area contributed by atoms with Crippen molar-refractivity contribution in [2.24, 2.45) is 0 Å². The van der Waals surface area contributed by atoms with Gasteiger partial charge in [-0.1, -0.05) is 25.1 Å². The Morgan fingerprint density at radius 2 is 2.15 bits per heavy atom. The van der Waals surface area contributed by atoms with Crippen molar-refractivity contribution in [2.45, 2.75) is 45.2 Å². The molecule has 0 bridgehead atoms. The lowest BCUT2D eigenvalue weighted by Crippen LogP contribution is -2.38. The number of likely N-dealkylation sites (tertiary alicyclic amines) is 1. The van der Waals surface area contributed by atoms with E-state index in [-0.39, 0.29) is 11.9 Å². The largest absolute Gasteiger partial charge is 0.494 e. The maximum Gasteiger partial charge on any atom is 0.234 e. The van der Waals surface area contributed by atoms with Crippen LogP contribution < -0.4 is 10.1 Å². The number of H-pyrrole nitrogens is 1. The summed E-state index contributed by atoms with van der Waals surface area (Å²) in [5, 5.41) is 3.20. The number of carbonyl (C=O) groups is 1. The van der Waals surface area contributed by atoms with Gasteiger partial charge in [0.25, 0.3) is 0 Å². The smallest absolute Gasteiger partial charge is 0.234 e. The van der Waals surface area contributed by atoms with Crippen LogP contribution >= 0.6 is 0 Å². The van der Waals surface area contributed by atoms with Crippen molar-refractivity contribution in [1.82, 2.24) is 15.2 Å². The van der Waals surface area contributed by atoms with Gasteiger partial charge in [-0.15, -0.1) is 0 Å². The van der Waals surface area contributed by atoms with Crippen LogP contribution in [0, 0.1) is 0 Å². The first-order chi connectivity index (χ1) is 12.7. The van der Waals surface area contributed by atoms with Gasteiger partial charge in [0.2, 0.25) is 5.91 Å². The van der Waals surface area contributed by atoms with Crippen molar-refractivity contribution < 1.29 is 9.53 Å². The number of hydrogen-bond donors (Lipinski definition) is 2. The van der Waals surface area contributed by atoms with Crippen LogP contribution in [0.2, 0.25) is 0 Å². The summed E-state index contributed by atoms with van der Waals surface area (Å²) in [7, 11) is 0. The number of hydrogen-bond acceptors (Lipinski definition) is 3. The Bertz CT molecular complexity index is 699. The number of para-hydroxylation sites is 1. The standard InChI is InChI=1S/C21H29N3O2/c1-3-17(16-9-5-6-12-20(16)26-4-2)23-21(25)15-24-14-8-11-19(24)18-10-7-13-22-18/h5-7,9-10,12-13,17,19,22H,3-4,8,11,14-15H2,1-2H3,(H,23,25). The Balaban J connectivity index is 1.65. The van der Waals surface area contributed by atoms with Crippen LogP contribution in [0.1, 0.15) is 56.5 Å². The molecule has 5 heteroatoms. The number of aromatic nitrogens is 1. The third-order valence-electron chi connectivity index (χ3n) is 5.03. The summed E-state index contributed by atoms with van der Waals surface area (Å²) in [4.78, 5) is 18.3. The molecule has 1 amide bonds. The minimum atomic E-state index is -0.0307. The van der Waals surface area contributed by atoms with E-state index in [0.717, 1.165) is 37.1 Å². The van der Waals surface area contributed by atoms with E-state index in [1.54, 1.807) is 0 Å². The molecule has 1 aliphatic rings. The Kier molecular flexibility index (Phi) is 6.34. The second kappa shape index (κ2) is 8.90. The minimum Gasteiger partial charge on any atom is -0.494 e. The zero-order valence-electron chi connectivity index (χ0n) is 15.7. The van der Waals surface area contributed by atoms with E-state index in [9.17, 15) is 4.79 Å². The molecule has 140 valence electrons. The van der Waals surface area contributed by atoms with Crippen LogP contribution in [0.3, 0.4) is 0 Å². The average Bonchev–Trinajstić information content (AvgIpc) is 3.32. The Hall–Kier alpha value is -2.27. The Labute approximate surface area is 155 Å².